The van der Waals surface area contributed by atoms with Crippen LogP contribution in [0.5, 0.6) is 0 Å². The van der Waals surface area contributed by atoms with Crippen LogP contribution < -0.4 is 4.90 Å². The number of sulfone groups is 1. The largest absolute Gasteiger partial charge is 0.362 e. The molecule has 0 unspecified atom stereocenters. The Kier molecular flexibility index (Phi) is 4.97. The number of carbonyl (C=O) groups excluding carboxylic acids is 1. The Labute approximate surface area is 154 Å². The van der Waals surface area contributed by atoms with Gasteiger partial charge in [-0.3, -0.25) is 14.9 Å². The molecule has 1 aromatic heterocycles. The zero-order valence-corrected chi connectivity index (χ0v) is 15.6. The molecule has 0 bridgehead atoms. The van der Waals surface area contributed by atoms with Crippen LogP contribution in [0.1, 0.15) is 9.67 Å². The number of piperazine rings is 1. The predicted molar refractivity (Wildman–Crippen MR) is 98.6 cm³/mol. The highest BCUT2D eigenvalue weighted by molar-refractivity contribution is 7.90. The molecule has 8 nitrogen and oxygen atoms in total. The first kappa shape index (κ1) is 18.3. The van der Waals surface area contributed by atoms with Gasteiger partial charge in [0.25, 0.3) is 11.6 Å². The Bertz CT molecular complexity index is 933. The minimum absolute atomic E-state index is 0.0402. The zero-order chi connectivity index (χ0) is 18.9. The summed E-state index contributed by atoms with van der Waals surface area (Å²) >= 11 is 1.38. The Morgan fingerprint density at radius 1 is 1.19 bits per heavy atom. The van der Waals surface area contributed by atoms with E-state index in [2.05, 4.69) is 0 Å². The number of thiophene rings is 1. The Morgan fingerprint density at radius 2 is 1.88 bits per heavy atom. The third kappa shape index (κ3) is 3.70. The average molecular weight is 395 g/mol. The van der Waals surface area contributed by atoms with Crippen molar-refractivity contribution < 1.29 is 18.1 Å². The van der Waals surface area contributed by atoms with E-state index in [4.69, 9.17) is 0 Å². The molecule has 0 aliphatic carbocycles. The van der Waals surface area contributed by atoms with Crippen molar-refractivity contribution in [3.8, 4) is 0 Å². The summed E-state index contributed by atoms with van der Waals surface area (Å²) in [6.45, 7) is 1.77. The van der Waals surface area contributed by atoms with Crippen LogP contribution in [0.4, 0.5) is 11.4 Å². The molecule has 2 aromatic rings. The van der Waals surface area contributed by atoms with Crippen molar-refractivity contribution in [3.63, 3.8) is 0 Å². The van der Waals surface area contributed by atoms with Gasteiger partial charge in [0.05, 0.1) is 14.7 Å². The molecule has 0 spiro atoms. The minimum atomic E-state index is -3.53. The van der Waals surface area contributed by atoms with Crippen LogP contribution in [0, 0.1) is 10.1 Å². The molecule has 2 heterocycles. The van der Waals surface area contributed by atoms with E-state index >= 15 is 0 Å². The molecule has 1 aromatic carbocycles. The first-order valence-electron chi connectivity index (χ1n) is 7.83. The topological polar surface area (TPSA) is 101 Å². The molecule has 1 amide bonds. The molecule has 0 N–H and O–H groups in total. The SMILES string of the molecule is CS(=O)(=O)c1ccc(N2CCN(C(=O)c3cccs3)CC2)c([N+](=O)[O-])c1. The number of anilines is 1. The first-order chi connectivity index (χ1) is 12.3. The van der Waals surface area contributed by atoms with Gasteiger partial charge >= 0.3 is 0 Å². The van der Waals surface area contributed by atoms with Gasteiger partial charge in [-0.1, -0.05) is 6.07 Å². The summed E-state index contributed by atoms with van der Waals surface area (Å²) in [6.07, 6.45) is 1.01. The van der Waals surface area contributed by atoms with Crippen LogP contribution >= 0.6 is 11.3 Å². The molecule has 0 atom stereocenters. The smallest absolute Gasteiger partial charge is 0.293 e. The third-order valence-corrected chi connectivity index (χ3v) is 6.18. The van der Waals surface area contributed by atoms with Crippen molar-refractivity contribution in [3.05, 3.63) is 50.7 Å². The van der Waals surface area contributed by atoms with E-state index in [9.17, 15) is 23.3 Å². The van der Waals surface area contributed by atoms with E-state index in [0.717, 1.165) is 12.3 Å². The number of rotatable bonds is 4. The van der Waals surface area contributed by atoms with E-state index in [1.807, 2.05) is 16.3 Å². The molecule has 10 heteroatoms. The van der Waals surface area contributed by atoms with E-state index < -0.39 is 14.8 Å². The lowest BCUT2D eigenvalue weighted by atomic mass is 10.2. The maximum Gasteiger partial charge on any atom is 0.293 e. The average Bonchev–Trinajstić information content (AvgIpc) is 3.14. The summed E-state index contributed by atoms with van der Waals surface area (Å²) in [5.74, 6) is -0.0402. The molecular weight excluding hydrogens is 378 g/mol. The van der Waals surface area contributed by atoms with Gasteiger partial charge in [-0.25, -0.2) is 8.42 Å². The van der Waals surface area contributed by atoms with Crippen LogP contribution in [0.3, 0.4) is 0 Å². The number of nitrogens with zero attached hydrogens (tertiary/aromatic N) is 3. The van der Waals surface area contributed by atoms with Gasteiger partial charge in [0.1, 0.15) is 5.69 Å². The Hall–Kier alpha value is -2.46. The summed E-state index contributed by atoms with van der Waals surface area (Å²) in [5, 5.41) is 13.2. The molecule has 1 saturated heterocycles. The third-order valence-electron chi connectivity index (χ3n) is 4.21. The molecule has 1 fully saturated rings. The maximum atomic E-state index is 12.4. The van der Waals surface area contributed by atoms with Gasteiger partial charge in [-0.15, -0.1) is 11.3 Å². The molecule has 1 aliphatic heterocycles. The number of hydrogen-bond acceptors (Lipinski definition) is 7. The molecule has 0 radical (unpaired) electrons. The van der Waals surface area contributed by atoms with Crippen molar-refractivity contribution in [1.82, 2.24) is 4.90 Å². The monoisotopic (exact) mass is 395 g/mol. The van der Waals surface area contributed by atoms with Gasteiger partial charge in [0.15, 0.2) is 9.84 Å². The zero-order valence-electron chi connectivity index (χ0n) is 14.0. The van der Waals surface area contributed by atoms with Gasteiger partial charge in [-0.2, -0.15) is 0 Å². The molecule has 26 heavy (non-hydrogen) atoms. The quantitative estimate of drug-likeness (QED) is 0.580. The number of amides is 1. The number of carbonyl (C=O) groups is 1. The number of nitro benzene ring substituents is 1. The fourth-order valence-electron chi connectivity index (χ4n) is 2.85. The van der Waals surface area contributed by atoms with Crippen LogP contribution in [0.15, 0.2) is 40.6 Å². The summed E-state index contributed by atoms with van der Waals surface area (Å²) in [7, 11) is -3.53. The van der Waals surface area contributed by atoms with Crippen molar-refractivity contribution in [2.75, 3.05) is 37.3 Å². The summed E-state index contributed by atoms with van der Waals surface area (Å²) in [5.41, 5.74) is 0.122. The van der Waals surface area contributed by atoms with E-state index in [1.54, 1.807) is 11.0 Å². The second-order valence-electron chi connectivity index (χ2n) is 5.94. The fourth-order valence-corrected chi connectivity index (χ4v) is 4.19. The van der Waals surface area contributed by atoms with Crippen LogP contribution in [0.2, 0.25) is 0 Å². The first-order valence-corrected chi connectivity index (χ1v) is 10.6. The van der Waals surface area contributed by atoms with E-state index in [0.29, 0.717) is 36.7 Å². The Balaban J connectivity index is 1.79. The van der Waals surface area contributed by atoms with E-state index in [1.165, 1.54) is 23.5 Å². The van der Waals surface area contributed by atoms with Gasteiger partial charge in [0, 0.05) is 38.5 Å². The number of benzene rings is 1. The normalized spacial score (nSPS) is 15.1. The molecule has 138 valence electrons. The number of nitro groups is 1. The predicted octanol–water partition coefficient (Wildman–Crippen LogP) is 2.02. The molecule has 3 rings (SSSR count). The van der Waals surface area contributed by atoms with Crippen LogP contribution in [-0.4, -0.2) is 56.6 Å². The summed E-state index contributed by atoms with van der Waals surface area (Å²) < 4.78 is 23.3. The lowest BCUT2D eigenvalue weighted by Gasteiger charge is -2.35. The van der Waals surface area contributed by atoms with Gasteiger partial charge < -0.3 is 9.80 Å². The Morgan fingerprint density at radius 3 is 2.42 bits per heavy atom. The molecular formula is C16H17N3O5S2. The van der Waals surface area contributed by atoms with Crippen LogP contribution in [-0.2, 0) is 9.84 Å². The fraction of sp³-hybridized carbons (Fsp3) is 0.312. The highest BCUT2D eigenvalue weighted by Gasteiger charge is 2.27. The van der Waals surface area contributed by atoms with Crippen molar-refractivity contribution >= 4 is 38.5 Å². The molecule has 0 saturated carbocycles. The second-order valence-corrected chi connectivity index (χ2v) is 8.90. The van der Waals surface area contributed by atoms with Crippen molar-refractivity contribution in [2.24, 2.45) is 0 Å². The van der Waals surface area contributed by atoms with Crippen molar-refractivity contribution in [1.29, 1.82) is 0 Å². The molecule has 1 aliphatic rings. The highest BCUT2D eigenvalue weighted by Crippen LogP contribution is 2.31. The lowest BCUT2D eigenvalue weighted by molar-refractivity contribution is -0.384. The lowest BCUT2D eigenvalue weighted by Crippen LogP contribution is -2.48. The van der Waals surface area contributed by atoms with Gasteiger partial charge in [0.2, 0.25) is 0 Å². The van der Waals surface area contributed by atoms with Gasteiger partial charge in [-0.05, 0) is 23.6 Å². The summed E-state index contributed by atoms with van der Waals surface area (Å²) in [6, 6.07) is 7.52. The number of hydrogen-bond donors (Lipinski definition) is 0. The van der Waals surface area contributed by atoms with Crippen molar-refractivity contribution in [2.45, 2.75) is 4.90 Å². The maximum absolute atomic E-state index is 12.4. The second kappa shape index (κ2) is 7.04. The highest BCUT2D eigenvalue weighted by atomic mass is 32.2. The van der Waals surface area contributed by atoms with Crippen LogP contribution in [0.25, 0.3) is 0 Å². The standard InChI is InChI=1S/C16H17N3O5S2/c1-26(23,24)12-4-5-13(14(11-12)19(21)22)17-6-8-18(9-7-17)16(20)15-3-2-10-25-15/h2-5,10-11H,6-9H2,1H3. The minimum Gasteiger partial charge on any atom is -0.362 e. The van der Waals surface area contributed by atoms with E-state index in [-0.39, 0.29) is 16.5 Å². The summed E-state index contributed by atoms with van der Waals surface area (Å²) in [4.78, 5) is 27.3.